The van der Waals surface area contributed by atoms with Gasteiger partial charge < -0.3 is 36.0 Å². The van der Waals surface area contributed by atoms with Crippen molar-refractivity contribution < 1.29 is 39.9 Å². The maximum absolute atomic E-state index is 13.3. The predicted octanol–water partition coefficient (Wildman–Crippen LogP) is 1.24. The van der Waals surface area contributed by atoms with Crippen LogP contribution in [0.2, 0.25) is 0 Å². The summed E-state index contributed by atoms with van der Waals surface area (Å²) in [6.45, 7) is 0. The Morgan fingerprint density at radius 1 is 0.976 bits per heavy atom. The Morgan fingerprint density at radius 3 is 2.44 bits per heavy atom. The first-order valence-corrected chi connectivity index (χ1v) is 15.7. The van der Waals surface area contributed by atoms with E-state index in [4.69, 9.17) is 10.5 Å². The van der Waals surface area contributed by atoms with Crippen LogP contribution in [0, 0.1) is 53.3 Å². The summed E-state index contributed by atoms with van der Waals surface area (Å²) >= 11 is 0. The van der Waals surface area contributed by atoms with Crippen LogP contribution in [0.3, 0.4) is 0 Å². The van der Waals surface area contributed by atoms with E-state index in [1.807, 2.05) is 0 Å². The second-order valence-corrected chi connectivity index (χ2v) is 14.1. The molecule has 6 rings (SSSR count). The smallest absolute Gasteiger partial charge is 0.230 e. The second kappa shape index (κ2) is 11.1. The average molecular weight is 574 g/mol. The molecule has 9 nitrogen and oxygen atoms in total. The van der Waals surface area contributed by atoms with Crippen LogP contribution in [0.25, 0.3) is 0 Å². The second-order valence-electron chi connectivity index (χ2n) is 14.1. The lowest BCUT2D eigenvalue weighted by Gasteiger charge is -2.61. The van der Waals surface area contributed by atoms with Gasteiger partial charge in [-0.25, -0.2) is 0 Å². The summed E-state index contributed by atoms with van der Waals surface area (Å²) in [5, 5.41) is 56.8. The van der Waals surface area contributed by atoms with Gasteiger partial charge in [-0.3, -0.25) is 9.59 Å². The molecule has 0 aliphatic heterocycles. The van der Waals surface area contributed by atoms with E-state index < -0.39 is 65.4 Å². The molecule has 0 bridgehead atoms. The number of allylic oxidation sites excluding steroid dienone is 4. The normalized spacial score (nSPS) is 51.4. The number of carbonyl (C=O) groups is 2. The molecule has 5 fully saturated rings. The van der Waals surface area contributed by atoms with Crippen molar-refractivity contribution in [3.05, 3.63) is 23.8 Å². The Balaban J connectivity index is 1.26. The van der Waals surface area contributed by atoms with Crippen molar-refractivity contribution in [2.75, 3.05) is 7.11 Å². The number of amides is 1. The van der Waals surface area contributed by atoms with Gasteiger partial charge in [-0.15, -0.1) is 0 Å². The quantitative estimate of drug-likeness (QED) is 0.267. The van der Waals surface area contributed by atoms with Crippen molar-refractivity contribution in [1.82, 2.24) is 0 Å². The number of fused-ring (bicyclic) bond motifs is 3. The Morgan fingerprint density at radius 2 is 1.76 bits per heavy atom. The van der Waals surface area contributed by atoms with Crippen LogP contribution in [0.15, 0.2) is 23.8 Å². The minimum Gasteiger partial charge on any atom is -0.393 e. The molecule has 6 aliphatic carbocycles. The molecule has 0 radical (unpaired) electrons. The molecule has 0 aromatic rings. The number of ether oxygens (including phenoxy) is 1. The average Bonchev–Trinajstić information content (AvgIpc) is 3.44. The molecule has 5 saturated carbocycles. The Hall–Kier alpha value is -1.62. The molecule has 0 heterocycles. The van der Waals surface area contributed by atoms with Crippen molar-refractivity contribution in [2.45, 2.75) is 100 Å². The number of ketones is 1. The van der Waals surface area contributed by atoms with Gasteiger partial charge >= 0.3 is 0 Å². The van der Waals surface area contributed by atoms with E-state index in [9.17, 15) is 35.1 Å². The van der Waals surface area contributed by atoms with Crippen LogP contribution in [-0.2, 0) is 14.3 Å². The molecule has 228 valence electrons. The fraction of sp³-hybridized carbons (Fsp3) is 0.812. The molecule has 9 heteroatoms. The predicted molar refractivity (Wildman–Crippen MR) is 149 cm³/mol. The highest BCUT2D eigenvalue weighted by molar-refractivity contribution is 6.06. The number of hydrogen-bond donors (Lipinski definition) is 6. The lowest BCUT2D eigenvalue weighted by Crippen LogP contribution is -2.72. The maximum atomic E-state index is 13.3. The highest BCUT2D eigenvalue weighted by atomic mass is 16.5. The van der Waals surface area contributed by atoms with Gasteiger partial charge in [0.15, 0.2) is 11.4 Å². The minimum atomic E-state index is -2.27. The molecular formula is C32H47NO8. The third kappa shape index (κ3) is 4.75. The molecule has 0 aromatic carbocycles. The summed E-state index contributed by atoms with van der Waals surface area (Å²) < 4.78 is 6.04. The third-order valence-corrected chi connectivity index (χ3v) is 12.3. The van der Waals surface area contributed by atoms with E-state index in [2.05, 4.69) is 18.2 Å². The number of carbonyl (C=O) groups excluding carboxylic acids is 2. The largest absolute Gasteiger partial charge is 0.393 e. The third-order valence-electron chi connectivity index (χ3n) is 12.3. The summed E-state index contributed by atoms with van der Waals surface area (Å²) in [7, 11) is 1.78. The fourth-order valence-corrected chi connectivity index (χ4v) is 10.5. The Labute approximate surface area is 241 Å². The number of Topliss-reactive ketones (excluding diaryl/α,β-unsaturated/α-hetero) is 1. The van der Waals surface area contributed by atoms with Crippen LogP contribution in [0.1, 0.15) is 64.2 Å². The molecule has 0 spiro atoms. The van der Waals surface area contributed by atoms with Gasteiger partial charge in [-0.05, 0) is 93.8 Å². The standard InChI is InChI=1S/C32H47NO8/c1-41-24-9-6-16(10-15-4-2-3-5-15)11-20(24)19-7-8-22(34)26-21(19)13-17-12-18-14-23(35)27(31(33)39)30(38)32(18,40)29(37)25(17)28(26)36/h2-4,16-29,34-37,40H,5-14H2,1H3,(H2,33,39)/t16?,17-,18+,19?,20?,21?,22?,23?,24?,25?,26?,27?,28?,29?,32+/m1/s1. The molecule has 15 atom stereocenters. The van der Waals surface area contributed by atoms with Crippen LogP contribution in [0.5, 0.6) is 0 Å². The number of aliphatic hydroxyl groups is 5. The maximum Gasteiger partial charge on any atom is 0.230 e. The molecule has 0 aromatic heterocycles. The molecule has 12 unspecified atom stereocenters. The zero-order valence-electron chi connectivity index (χ0n) is 23.9. The van der Waals surface area contributed by atoms with Gasteiger partial charge in [0.2, 0.25) is 5.91 Å². The SMILES string of the molecule is COC1CCC(CC2=CC=CC2)CC1C1CCC(O)C2C(O)C3C(O)[C@]4(O)C(=O)C(C(N)=O)C(O)C[C@@H]4C[C@@H]3CC12. The van der Waals surface area contributed by atoms with Crippen LogP contribution in [-0.4, -0.2) is 80.5 Å². The lowest BCUT2D eigenvalue weighted by molar-refractivity contribution is -0.244. The summed E-state index contributed by atoms with van der Waals surface area (Å²) in [5.74, 6) is -4.69. The highest BCUT2D eigenvalue weighted by Crippen LogP contribution is 2.59. The van der Waals surface area contributed by atoms with E-state index in [1.54, 1.807) is 7.11 Å². The number of nitrogens with two attached hydrogens (primary N) is 1. The summed E-state index contributed by atoms with van der Waals surface area (Å²) in [6, 6.07) is 0. The summed E-state index contributed by atoms with van der Waals surface area (Å²) in [5.41, 5.74) is 4.60. The van der Waals surface area contributed by atoms with Crippen LogP contribution < -0.4 is 5.73 Å². The number of methoxy groups -OCH3 is 1. The van der Waals surface area contributed by atoms with Gasteiger partial charge in [-0.1, -0.05) is 23.8 Å². The van der Waals surface area contributed by atoms with E-state index >= 15 is 0 Å². The minimum absolute atomic E-state index is 0.0183. The number of aliphatic hydroxyl groups excluding tert-OH is 4. The number of rotatable bonds is 5. The lowest BCUT2D eigenvalue weighted by atomic mass is 9.47. The zero-order chi connectivity index (χ0) is 29.2. The van der Waals surface area contributed by atoms with Gasteiger partial charge in [0.1, 0.15) is 5.92 Å². The molecule has 41 heavy (non-hydrogen) atoms. The molecule has 7 N–H and O–H groups in total. The monoisotopic (exact) mass is 573 g/mol. The Kier molecular flexibility index (Phi) is 8.00. The van der Waals surface area contributed by atoms with E-state index in [0.29, 0.717) is 31.1 Å². The topological polar surface area (TPSA) is 171 Å². The Bertz CT molecular complexity index is 1090. The fourth-order valence-electron chi connectivity index (χ4n) is 10.5. The van der Waals surface area contributed by atoms with Gasteiger partial charge in [0.25, 0.3) is 0 Å². The number of primary amides is 1. The summed E-state index contributed by atoms with van der Waals surface area (Å²) in [6.07, 6.45) is 9.56. The van der Waals surface area contributed by atoms with Gasteiger partial charge in [0, 0.05) is 24.9 Å². The first kappa shape index (κ1) is 29.5. The molecule has 0 saturated heterocycles. The first-order chi connectivity index (χ1) is 19.6. The van der Waals surface area contributed by atoms with E-state index in [0.717, 1.165) is 38.5 Å². The summed E-state index contributed by atoms with van der Waals surface area (Å²) in [4.78, 5) is 25.3. The number of hydrogen-bond acceptors (Lipinski definition) is 8. The van der Waals surface area contributed by atoms with Gasteiger partial charge in [0.05, 0.1) is 30.5 Å². The van der Waals surface area contributed by atoms with Crippen molar-refractivity contribution in [3.63, 3.8) is 0 Å². The van der Waals surface area contributed by atoms with E-state index in [1.165, 1.54) is 5.57 Å². The van der Waals surface area contributed by atoms with Crippen LogP contribution in [0.4, 0.5) is 0 Å². The van der Waals surface area contributed by atoms with Crippen molar-refractivity contribution >= 4 is 11.7 Å². The van der Waals surface area contributed by atoms with Crippen molar-refractivity contribution in [3.8, 4) is 0 Å². The van der Waals surface area contributed by atoms with E-state index in [-0.39, 0.29) is 30.3 Å². The molecular weight excluding hydrogens is 526 g/mol. The highest BCUT2D eigenvalue weighted by Gasteiger charge is 2.67. The van der Waals surface area contributed by atoms with Crippen molar-refractivity contribution in [1.29, 1.82) is 0 Å². The molecule has 1 amide bonds. The van der Waals surface area contributed by atoms with Crippen LogP contribution >= 0.6 is 0 Å². The zero-order valence-corrected chi connectivity index (χ0v) is 23.9. The van der Waals surface area contributed by atoms with Gasteiger partial charge in [-0.2, -0.15) is 0 Å². The van der Waals surface area contributed by atoms with Crippen molar-refractivity contribution in [2.24, 2.45) is 59.0 Å². The molecule has 6 aliphatic rings. The first-order valence-electron chi connectivity index (χ1n) is 15.7.